The molecule has 1 aromatic carbocycles. The molecule has 0 fully saturated rings. The van der Waals surface area contributed by atoms with Crippen molar-refractivity contribution in [1.82, 2.24) is 10.6 Å². The van der Waals surface area contributed by atoms with Crippen LogP contribution in [0.3, 0.4) is 0 Å². The minimum Gasteiger partial charge on any atom is -0.478 e. The molecule has 0 aliphatic heterocycles. The average Bonchev–Trinajstić information content (AvgIpc) is 2.36. The van der Waals surface area contributed by atoms with Gasteiger partial charge in [-0.3, -0.25) is 9.59 Å². The summed E-state index contributed by atoms with van der Waals surface area (Å²) < 4.78 is 0. The van der Waals surface area contributed by atoms with Gasteiger partial charge >= 0.3 is 5.97 Å². The number of carbonyl (C=O) groups excluding carboxylic acids is 2. The predicted molar refractivity (Wildman–Crippen MR) is 78.2 cm³/mol. The molecule has 0 bridgehead atoms. The highest BCUT2D eigenvalue weighted by molar-refractivity contribution is 5.99. The minimum atomic E-state index is -1.11. The van der Waals surface area contributed by atoms with E-state index in [2.05, 4.69) is 10.6 Å². The first kappa shape index (κ1) is 16.7. The molecule has 1 unspecified atom stereocenters. The molecule has 3 N–H and O–H groups in total. The molecule has 0 aromatic heterocycles. The number of amides is 2. The summed E-state index contributed by atoms with van der Waals surface area (Å²) in [6.45, 7) is 7.10. The van der Waals surface area contributed by atoms with Crippen LogP contribution < -0.4 is 10.6 Å². The standard InChI is InChI=1S/C15H20N2O4/c1-9(12(18)17-15(2,3)4)16-13(19)10-6-5-7-11(8-10)14(20)21/h5-9H,1-4H3,(H,16,19)(H,17,18)(H,20,21). The molecule has 6 nitrogen and oxygen atoms in total. The first-order valence-corrected chi connectivity index (χ1v) is 6.56. The Hall–Kier alpha value is -2.37. The van der Waals surface area contributed by atoms with E-state index in [9.17, 15) is 14.4 Å². The van der Waals surface area contributed by atoms with E-state index >= 15 is 0 Å². The van der Waals surface area contributed by atoms with E-state index in [1.165, 1.54) is 24.3 Å². The molecular formula is C15H20N2O4. The van der Waals surface area contributed by atoms with Crippen LogP contribution in [0.4, 0.5) is 0 Å². The summed E-state index contributed by atoms with van der Waals surface area (Å²) in [4.78, 5) is 34.8. The number of aromatic carboxylic acids is 1. The number of benzene rings is 1. The van der Waals surface area contributed by atoms with Gasteiger partial charge in [-0.25, -0.2) is 4.79 Å². The molecule has 6 heteroatoms. The maximum atomic E-state index is 12.0. The molecule has 0 aliphatic rings. The van der Waals surface area contributed by atoms with Crippen LogP contribution in [-0.2, 0) is 4.79 Å². The third-order valence-electron chi connectivity index (χ3n) is 2.61. The van der Waals surface area contributed by atoms with Gasteiger partial charge in [0, 0.05) is 11.1 Å². The van der Waals surface area contributed by atoms with Gasteiger partial charge in [-0.2, -0.15) is 0 Å². The smallest absolute Gasteiger partial charge is 0.335 e. The van der Waals surface area contributed by atoms with Crippen LogP contribution in [0.25, 0.3) is 0 Å². The second kappa shape index (κ2) is 6.39. The molecule has 2 amide bonds. The molecule has 0 aliphatic carbocycles. The summed E-state index contributed by atoms with van der Waals surface area (Å²) in [6.07, 6.45) is 0. The van der Waals surface area contributed by atoms with Gasteiger partial charge in [-0.05, 0) is 45.9 Å². The third-order valence-corrected chi connectivity index (χ3v) is 2.61. The topological polar surface area (TPSA) is 95.5 Å². The molecule has 0 radical (unpaired) electrons. The summed E-state index contributed by atoms with van der Waals surface area (Å²) in [7, 11) is 0. The Kier molecular flexibility index (Phi) is 5.07. The van der Waals surface area contributed by atoms with Crippen molar-refractivity contribution in [3.8, 4) is 0 Å². The van der Waals surface area contributed by atoms with E-state index < -0.39 is 17.9 Å². The molecule has 0 heterocycles. The Morgan fingerprint density at radius 3 is 2.24 bits per heavy atom. The number of carboxylic acids is 1. The molecule has 1 aromatic rings. The number of nitrogens with one attached hydrogen (secondary N) is 2. The van der Waals surface area contributed by atoms with Crippen LogP contribution in [0, 0.1) is 0 Å². The highest BCUT2D eigenvalue weighted by Crippen LogP contribution is 2.06. The normalized spacial score (nSPS) is 12.4. The van der Waals surface area contributed by atoms with Crippen molar-refractivity contribution in [2.24, 2.45) is 0 Å². The quantitative estimate of drug-likeness (QED) is 0.782. The van der Waals surface area contributed by atoms with Gasteiger partial charge in [0.25, 0.3) is 5.91 Å². The van der Waals surface area contributed by atoms with Crippen molar-refractivity contribution in [3.05, 3.63) is 35.4 Å². The molecule has 114 valence electrons. The van der Waals surface area contributed by atoms with Crippen LogP contribution in [0.2, 0.25) is 0 Å². The summed E-state index contributed by atoms with van der Waals surface area (Å²) in [5, 5.41) is 14.2. The lowest BCUT2D eigenvalue weighted by molar-refractivity contribution is -0.124. The highest BCUT2D eigenvalue weighted by atomic mass is 16.4. The van der Waals surface area contributed by atoms with Crippen LogP contribution in [0.5, 0.6) is 0 Å². The number of hydrogen-bond donors (Lipinski definition) is 3. The lowest BCUT2D eigenvalue weighted by Crippen LogP contribution is -2.50. The van der Waals surface area contributed by atoms with Gasteiger partial charge in [0.1, 0.15) is 6.04 Å². The van der Waals surface area contributed by atoms with Gasteiger partial charge in [-0.1, -0.05) is 6.07 Å². The van der Waals surface area contributed by atoms with Crippen molar-refractivity contribution in [1.29, 1.82) is 0 Å². The van der Waals surface area contributed by atoms with Gasteiger partial charge < -0.3 is 15.7 Å². The maximum Gasteiger partial charge on any atom is 0.335 e. The number of carbonyl (C=O) groups is 3. The van der Waals surface area contributed by atoms with Gasteiger partial charge in [0.2, 0.25) is 5.91 Å². The van der Waals surface area contributed by atoms with E-state index in [0.717, 1.165) is 0 Å². The second-order valence-corrected chi connectivity index (χ2v) is 5.82. The van der Waals surface area contributed by atoms with E-state index in [0.29, 0.717) is 0 Å². The fourth-order valence-corrected chi connectivity index (χ4v) is 1.62. The van der Waals surface area contributed by atoms with Gasteiger partial charge in [0.15, 0.2) is 0 Å². The molecule has 0 spiro atoms. The van der Waals surface area contributed by atoms with Gasteiger partial charge in [-0.15, -0.1) is 0 Å². The van der Waals surface area contributed by atoms with Gasteiger partial charge in [0.05, 0.1) is 5.56 Å². The number of rotatable bonds is 4. The van der Waals surface area contributed by atoms with Crippen LogP contribution in [0.15, 0.2) is 24.3 Å². The zero-order valence-electron chi connectivity index (χ0n) is 12.6. The monoisotopic (exact) mass is 292 g/mol. The number of hydrogen-bond acceptors (Lipinski definition) is 3. The molecule has 1 rings (SSSR count). The molecule has 21 heavy (non-hydrogen) atoms. The first-order chi connectivity index (χ1) is 9.60. The highest BCUT2D eigenvalue weighted by Gasteiger charge is 2.21. The Balaban J connectivity index is 2.75. The lowest BCUT2D eigenvalue weighted by atomic mass is 10.1. The van der Waals surface area contributed by atoms with Crippen molar-refractivity contribution in [2.75, 3.05) is 0 Å². The van der Waals surface area contributed by atoms with Crippen LogP contribution >= 0.6 is 0 Å². The minimum absolute atomic E-state index is 0.0226. The lowest BCUT2D eigenvalue weighted by Gasteiger charge is -2.23. The molecule has 1 atom stereocenters. The molecular weight excluding hydrogens is 272 g/mol. The third kappa shape index (κ3) is 5.25. The summed E-state index contributed by atoms with van der Waals surface area (Å²) in [5.74, 6) is -1.90. The van der Waals surface area contributed by atoms with Crippen molar-refractivity contribution in [2.45, 2.75) is 39.3 Å². The molecule has 0 saturated heterocycles. The van der Waals surface area contributed by atoms with Crippen molar-refractivity contribution >= 4 is 17.8 Å². The fourth-order valence-electron chi connectivity index (χ4n) is 1.62. The molecule has 0 saturated carbocycles. The Bertz CT molecular complexity index is 561. The summed E-state index contributed by atoms with van der Waals surface area (Å²) in [5.41, 5.74) is -0.168. The average molecular weight is 292 g/mol. The summed E-state index contributed by atoms with van der Waals surface area (Å²) >= 11 is 0. The maximum absolute atomic E-state index is 12.0. The van der Waals surface area contributed by atoms with E-state index in [-0.39, 0.29) is 22.6 Å². The van der Waals surface area contributed by atoms with Crippen molar-refractivity contribution < 1.29 is 19.5 Å². The number of carboxylic acid groups (broad SMARTS) is 1. The van der Waals surface area contributed by atoms with E-state index in [4.69, 9.17) is 5.11 Å². The fraction of sp³-hybridized carbons (Fsp3) is 0.400. The Morgan fingerprint density at radius 2 is 1.71 bits per heavy atom. The Labute approximate surface area is 123 Å². The van der Waals surface area contributed by atoms with Crippen LogP contribution in [-0.4, -0.2) is 34.5 Å². The van der Waals surface area contributed by atoms with E-state index in [1.807, 2.05) is 20.8 Å². The largest absolute Gasteiger partial charge is 0.478 e. The summed E-state index contributed by atoms with van der Waals surface area (Å²) in [6, 6.07) is 4.93. The second-order valence-electron chi connectivity index (χ2n) is 5.82. The van der Waals surface area contributed by atoms with Crippen molar-refractivity contribution in [3.63, 3.8) is 0 Å². The van der Waals surface area contributed by atoms with E-state index in [1.54, 1.807) is 6.92 Å². The van der Waals surface area contributed by atoms with Crippen LogP contribution in [0.1, 0.15) is 48.4 Å². The first-order valence-electron chi connectivity index (χ1n) is 6.56. The Morgan fingerprint density at radius 1 is 1.14 bits per heavy atom. The zero-order chi connectivity index (χ0) is 16.2. The zero-order valence-corrected chi connectivity index (χ0v) is 12.6. The predicted octanol–water partition coefficient (Wildman–Crippen LogP) is 1.42. The SMILES string of the molecule is CC(NC(=O)c1cccc(C(=O)O)c1)C(=O)NC(C)(C)C.